The van der Waals surface area contributed by atoms with Crippen LogP contribution in [-0.4, -0.2) is 44.1 Å². The van der Waals surface area contributed by atoms with Crippen LogP contribution in [0.25, 0.3) is 5.76 Å². The molecule has 8 nitrogen and oxygen atoms in total. The Morgan fingerprint density at radius 1 is 0.846 bits per heavy atom. The number of benzene rings is 3. The Labute approximate surface area is 227 Å². The molecule has 1 aliphatic heterocycles. The lowest BCUT2D eigenvalue weighted by Crippen LogP contribution is -2.29. The Hall–Kier alpha value is -4.59. The monoisotopic (exact) mass is 529 g/mol. The summed E-state index contributed by atoms with van der Waals surface area (Å²) >= 11 is 0. The van der Waals surface area contributed by atoms with E-state index in [2.05, 4.69) is 20.8 Å². The molecular formula is C31H31NO7. The summed E-state index contributed by atoms with van der Waals surface area (Å²) < 4.78 is 15.5. The van der Waals surface area contributed by atoms with Crippen LogP contribution in [0, 0.1) is 0 Å². The van der Waals surface area contributed by atoms with Gasteiger partial charge in [0.15, 0.2) is 11.5 Å². The summed E-state index contributed by atoms with van der Waals surface area (Å²) in [5.41, 5.74) is 2.30. The summed E-state index contributed by atoms with van der Waals surface area (Å²) in [5.74, 6) is -1.81. The number of anilines is 1. The van der Waals surface area contributed by atoms with Gasteiger partial charge < -0.3 is 19.3 Å². The topological polar surface area (TPSA) is 102 Å². The SMILES string of the molecule is COC(=O)c1cccc(N2C(=O)C(=O)/C(=C(/O)c3ccc(OC)c(OC)c3)C2c2ccc(C(C)(C)C)cc2)c1. The van der Waals surface area contributed by atoms with E-state index in [0.717, 1.165) is 5.56 Å². The minimum absolute atomic E-state index is 0.0841. The molecule has 4 rings (SSSR count). The Morgan fingerprint density at radius 3 is 2.10 bits per heavy atom. The molecule has 0 spiro atoms. The first-order valence-electron chi connectivity index (χ1n) is 12.3. The molecule has 0 aliphatic carbocycles. The van der Waals surface area contributed by atoms with E-state index in [1.54, 1.807) is 36.4 Å². The van der Waals surface area contributed by atoms with E-state index in [9.17, 15) is 19.5 Å². The summed E-state index contributed by atoms with van der Waals surface area (Å²) in [6, 6.07) is 17.6. The lowest BCUT2D eigenvalue weighted by atomic mass is 9.85. The third-order valence-corrected chi connectivity index (χ3v) is 6.74. The number of Topliss-reactive ketones (excluding diaryl/α,β-unsaturated/α-hetero) is 1. The number of carbonyl (C=O) groups excluding carboxylic acids is 3. The lowest BCUT2D eigenvalue weighted by Gasteiger charge is -2.27. The van der Waals surface area contributed by atoms with Crippen LogP contribution >= 0.6 is 0 Å². The van der Waals surface area contributed by atoms with E-state index in [0.29, 0.717) is 22.7 Å². The predicted octanol–water partition coefficient (Wildman–Crippen LogP) is 5.41. The summed E-state index contributed by atoms with van der Waals surface area (Å²) in [4.78, 5) is 40.5. The van der Waals surface area contributed by atoms with Crippen molar-refractivity contribution in [1.82, 2.24) is 0 Å². The van der Waals surface area contributed by atoms with Gasteiger partial charge in [-0.05, 0) is 52.9 Å². The first-order chi connectivity index (χ1) is 18.5. The van der Waals surface area contributed by atoms with Gasteiger partial charge in [-0.3, -0.25) is 14.5 Å². The fourth-order valence-electron chi connectivity index (χ4n) is 4.62. The van der Waals surface area contributed by atoms with Gasteiger partial charge in [0.25, 0.3) is 11.7 Å². The molecular weight excluding hydrogens is 498 g/mol. The van der Waals surface area contributed by atoms with Crippen molar-refractivity contribution >= 4 is 29.1 Å². The summed E-state index contributed by atoms with van der Waals surface area (Å²) in [7, 11) is 4.22. The molecule has 0 radical (unpaired) electrons. The fourth-order valence-corrected chi connectivity index (χ4v) is 4.62. The number of aliphatic hydroxyl groups is 1. The van der Waals surface area contributed by atoms with E-state index in [4.69, 9.17) is 14.2 Å². The maximum atomic E-state index is 13.5. The highest BCUT2D eigenvalue weighted by Crippen LogP contribution is 2.43. The number of ketones is 1. The molecule has 0 saturated carbocycles. The average Bonchev–Trinajstić information content (AvgIpc) is 3.21. The van der Waals surface area contributed by atoms with Crippen LogP contribution in [0.1, 0.15) is 53.9 Å². The molecule has 1 N–H and O–H groups in total. The molecule has 1 amide bonds. The number of aliphatic hydroxyl groups excluding tert-OH is 1. The minimum atomic E-state index is -0.958. The number of hydrogen-bond acceptors (Lipinski definition) is 7. The summed E-state index contributed by atoms with van der Waals surface area (Å²) in [5, 5.41) is 11.5. The molecule has 1 saturated heterocycles. The molecule has 3 aromatic carbocycles. The number of ether oxygens (including phenoxy) is 3. The molecule has 0 bridgehead atoms. The molecule has 3 aromatic rings. The van der Waals surface area contributed by atoms with E-state index in [1.165, 1.54) is 32.3 Å². The van der Waals surface area contributed by atoms with Gasteiger partial charge in [-0.15, -0.1) is 0 Å². The number of carbonyl (C=O) groups is 3. The van der Waals surface area contributed by atoms with Gasteiger partial charge in [-0.1, -0.05) is 51.1 Å². The van der Waals surface area contributed by atoms with Crippen LogP contribution in [0.4, 0.5) is 5.69 Å². The van der Waals surface area contributed by atoms with Crippen molar-refractivity contribution in [3.63, 3.8) is 0 Å². The fraction of sp³-hybridized carbons (Fsp3) is 0.258. The van der Waals surface area contributed by atoms with Gasteiger partial charge >= 0.3 is 5.97 Å². The normalized spacial score (nSPS) is 16.8. The Balaban J connectivity index is 1.94. The zero-order valence-corrected chi connectivity index (χ0v) is 22.8. The molecule has 202 valence electrons. The number of rotatable bonds is 6. The number of esters is 1. The highest BCUT2D eigenvalue weighted by molar-refractivity contribution is 6.51. The molecule has 1 heterocycles. The average molecular weight is 530 g/mol. The second-order valence-corrected chi connectivity index (χ2v) is 10.2. The van der Waals surface area contributed by atoms with Crippen molar-refractivity contribution in [3.05, 3.63) is 94.6 Å². The number of nitrogens with zero attached hydrogens (tertiary/aromatic N) is 1. The van der Waals surface area contributed by atoms with Crippen LogP contribution in [0.15, 0.2) is 72.3 Å². The van der Waals surface area contributed by atoms with E-state index < -0.39 is 23.7 Å². The Bertz CT molecular complexity index is 1460. The molecule has 39 heavy (non-hydrogen) atoms. The van der Waals surface area contributed by atoms with Gasteiger partial charge in [0.2, 0.25) is 0 Å². The minimum Gasteiger partial charge on any atom is -0.507 e. The van der Waals surface area contributed by atoms with Crippen LogP contribution in [0.2, 0.25) is 0 Å². The Kier molecular flexibility index (Phi) is 7.49. The van der Waals surface area contributed by atoms with Gasteiger partial charge in [0, 0.05) is 11.3 Å². The Morgan fingerprint density at radius 2 is 1.51 bits per heavy atom. The van der Waals surface area contributed by atoms with E-state index >= 15 is 0 Å². The highest BCUT2D eigenvalue weighted by Gasteiger charge is 2.47. The van der Waals surface area contributed by atoms with Gasteiger partial charge in [-0.25, -0.2) is 4.79 Å². The smallest absolute Gasteiger partial charge is 0.337 e. The molecule has 8 heteroatoms. The van der Waals surface area contributed by atoms with Crippen molar-refractivity contribution in [3.8, 4) is 11.5 Å². The predicted molar refractivity (Wildman–Crippen MR) is 147 cm³/mol. The first kappa shape index (κ1) is 27.4. The third kappa shape index (κ3) is 5.10. The maximum Gasteiger partial charge on any atom is 0.337 e. The standard InChI is InChI=1S/C31H31NO7/c1-31(2,3)21-13-10-18(11-14-21)26-25(27(33)19-12-15-23(37-4)24(17-19)38-5)28(34)29(35)32(26)22-9-7-8-20(16-22)30(36)39-6/h7-17,26,33H,1-6H3/b27-25+. The molecule has 1 unspecified atom stereocenters. The van der Waals surface area contributed by atoms with E-state index in [-0.39, 0.29) is 27.9 Å². The van der Waals surface area contributed by atoms with Crippen molar-refractivity contribution < 1.29 is 33.7 Å². The number of methoxy groups -OCH3 is 3. The second kappa shape index (κ2) is 10.6. The van der Waals surface area contributed by atoms with Crippen LogP contribution < -0.4 is 14.4 Å². The largest absolute Gasteiger partial charge is 0.507 e. The van der Waals surface area contributed by atoms with Crippen LogP contribution in [0.3, 0.4) is 0 Å². The van der Waals surface area contributed by atoms with Gasteiger partial charge in [-0.2, -0.15) is 0 Å². The second-order valence-electron chi connectivity index (χ2n) is 10.2. The van der Waals surface area contributed by atoms with Gasteiger partial charge in [0.05, 0.1) is 38.5 Å². The van der Waals surface area contributed by atoms with E-state index in [1.807, 2.05) is 24.3 Å². The van der Waals surface area contributed by atoms with Crippen molar-refractivity contribution in [2.45, 2.75) is 32.2 Å². The summed E-state index contributed by atoms with van der Waals surface area (Å²) in [6.07, 6.45) is 0. The van der Waals surface area contributed by atoms with Crippen LogP contribution in [-0.2, 0) is 19.7 Å². The third-order valence-electron chi connectivity index (χ3n) is 6.74. The first-order valence-corrected chi connectivity index (χ1v) is 12.3. The lowest BCUT2D eigenvalue weighted by molar-refractivity contribution is -0.132. The number of hydrogen-bond donors (Lipinski definition) is 1. The van der Waals surface area contributed by atoms with Crippen LogP contribution in [0.5, 0.6) is 11.5 Å². The number of amides is 1. The maximum absolute atomic E-state index is 13.5. The quantitative estimate of drug-likeness (QED) is 0.197. The molecule has 0 aromatic heterocycles. The van der Waals surface area contributed by atoms with Crippen molar-refractivity contribution in [1.29, 1.82) is 0 Å². The zero-order valence-electron chi connectivity index (χ0n) is 22.8. The highest BCUT2D eigenvalue weighted by atomic mass is 16.5. The zero-order chi connectivity index (χ0) is 28.5. The summed E-state index contributed by atoms with van der Waals surface area (Å²) in [6.45, 7) is 6.26. The molecule has 1 aliphatic rings. The van der Waals surface area contributed by atoms with Gasteiger partial charge in [0.1, 0.15) is 5.76 Å². The molecule has 1 fully saturated rings. The molecule has 1 atom stereocenters. The van der Waals surface area contributed by atoms with Crippen molar-refractivity contribution in [2.75, 3.05) is 26.2 Å². The van der Waals surface area contributed by atoms with Crippen molar-refractivity contribution in [2.24, 2.45) is 0 Å².